The van der Waals surface area contributed by atoms with Crippen LogP contribution >= 0.6 is 0 Å². The highest BCUT2D eigenvalue weighted by atomic mass is 15.2. The molecule has 2 nitrogen and oxygen atoms in total. The van der Waals surface area contributed by atoms with E-state index in [1.165, 1.54) is 70.6 Å². The molecule has 2 heterocycles. The molecule has 19 heavy (non-hydrogen) atoms. The fourth-order valence-corrected chi connectivity index (χ4v) is 5.21. The van der Waals surface area contributed by atoms with E-state index < -0.39 is 0 Å². The third-order valence-electron chi connectivity index (χ3n) is 5.98. The van der Waals surface area contributed by atoms with Crippen LogP contribution in [0.1, 0.15) is 77.6 Å². The van der Waals surface area contributed by atoms with Crippen molar-refractivity contribution in [1.29, 1.82) is 0 Å². The smallest absolute Gasteiger partial charge is 0.0116 e. The van der Waals surface area contributed by atoms with E-state index in [2.05, 4.69) is 11.8 Å². The molecule has 2 N–H and O–H groups in total. The van der Waals surface area contributed by atoms with E-state index in [4.69, 9.17) is 5.73 Å². The lowest BCUT2D eigenvalue weighted by Crippen LogP contribution is -2.58. The maximum Gasteiger partial charge on any atom is 0.0116 e. The van der Waals surface area contributed by atoms with Gasteiger partial charge in [0, 0.05) is 24.2 Å². The fraction of sp³-hybridized carbons (Fsp3) is 1.00. The molecule has 3 atom stereocenters. The average molecular weight is 264 g/mol. The quantitative estimate of drug-likeness (QED) is 0.842. The molecule has 2 heteroatoms. The first-order chi connectivity index (χ1) is 9.24. The summed E-state index contributed by atoms with van der Waals surface area (Å²) in [6.45, 7) is 2.50. The molecule has 3 aliphatic rings. The largest absolute Gasteiger partial charge is 0.328 e. The lowest BCUT2D eigenvalue weighted by molar-refractivity contribution is -0.00857. The molecule has 2 bridgehead atoms. The Bertz CT molecular complexity index is 271. The minimum atomic E-state index is 0.480. The lowest BCUT2D eigenvalue weighted by Gasteiger charge is -2.51. The number of fused-ring (bicyclic) bond motifs is 2. The van der Waals surface area contributed by atoms with Crippen LogP contribution in [0, 0.1) is 5.92 Å². The van der Waals surface area contributed by atoms with Gasteiger partial charge in [0.2, 0.25) is 0 Å². The van der Waals surface area contributed by atoms with Crippen LogP contribution in [0.25, 0.3) is 0 Å². The Labute approximate surface area is 119 Å². The summed E-state index contributed by atoms with van der Waals surface area (Å²) in [6, 6.07) is 2.89. The van der Waals surface area contributed by atoms with E-state index >= 15 is 0 Å². The van der Waals surface area contributed by atoms with Gasteiger partial charge in [-0.05, 0) is 44.9 Å². The zero-order valence-electron chi connectivity index (χ0n) is 12.7. The van der Waals surface area contributed by atoms with Crippen LogP contribution in [0.3, 0.4) is 0 Å². The number of nitrogens with zero attached hydrogens (tertiary/aromatic N) is 1. The van der Waals surface area contributed by atoms with E-state index in [0.29, 0.717) is 6.04 Å². The predicted molar refractivity (Wildman–Crippen MR) is 81.1 cm³/mol. The molecule has 0 aromatic carbocycles. The first-order valence-electron chi connectivity index (χ1n) is 8.77. The Kier molecular flexibility index (Phi) is 4.48. The zero-order valence-corrected chi connectivity index (χ0v) is 12.7. The standard InChI is InChI=1S/C17H32N2/c1-13(10-14-6-3-2-4-7-14)19-16-8-5-9-17(19)12-15(18)11-16/h13-17H,2-12,18H2,1H3. The summed E-state index contributed by atoms with van der Waals surface area (Å²) in [4.78, 5) is 2.89. The van der Waals surface area contributed by atoms with Crippen LogP contribution in [0.5, 0.6) is 0 Å². The SMILES string of the molecule is CC(CC1CCCCC1)N1C2CCCC1CC(N)C2. The molecule has 0 aromatic heterocycles. The molecule has 3 rings (SSSR count). The predicted octanol–water partition coefficient (Wildman–Crippen LogP) is 3.69. The van der Waals surface area contributed by atoms with E-state index in [-0.39, 0.29) is 0 Å². The summed E-state index contributed by atoms with van der Waals surface area (Å²) >= 11 is 0. The van der Waals surface area contributed by atoms with E-state index in [1.54, 1.807) is 0 Å². The minimum absolute atomic E-state index is 0.480. The fourth-order valence-electron chi connectivity index (χ4n) is 5.21. The molecule has 0 spiro atoms. The van der Waals surface area contributed by atoms with Gasteiger partial charge in [-0.25, -0.2) is 0 Å². The van der Waals surface area contributed by atoms with Gasteiger partial charge in [-0.3, -0.25) is 4.90 Å². The second-order valence-electron chi connectivity index (χ2n) is 7.51. The lowest BCUT2D eigenvalue weighted by atomic mass is 9.79. The van der Waals surface area contributed by atoms with Crippen molar-refractivity contribution < 1.29 is 0 Å². The number of hydrogen-bond donors (Lipinski definition) is 1. The van der Waals surface area contributed by atoms with Crippen LogP contribution < -0.4 is 5.73 Å². The van der Waals surface area contributed by atoms with Crippen LogP contribution in [0.4, 0.5) is 0 Å². The molecular formula is C17H32N2. The van der Waals surface area contributed by atoms with Crippen molar-refractivity contribution in [1.82, 2.24) is 4.90 Å². The average Bonchev–Trinajstić information content (AvgIpc) is 2.38. The maximum absolute atomic E-state index is 6.24. The molecule has 0 amide bonds. The molecule has 0 radical (unpaired) electrons. The molecule has 2 aliphatic heterocycles. The summed E-state index contributed by atoms with van der Waals surface area (Å²) in [6.07, 6.45) is 15.6. The number of hydrogen-bond acceptors (Lipinski definition) is 2. The third kappa shape index (κ3) is 3.16. The van der Waals surface area contributed by atoms with Crippen molar-refractivity contribution in [2.45, 2.75) is 102 Å². The molecular weight excluding hydrogens is 232 g/mol. The minimum Gasteiger partial charge on any atom is -0.328 e. The van der Waals surface area contributed by atoms with Crippen molar-refractivity contribution >= 4 is 0 Å². The van der Waals surface area contributed by atoms with Gasteiger partial charge in [-0.2, -0.15) is 0 Å². The maximum atomic E-state index is 6.24. The molecule has 1 saturated carbocycles. The van der Waals surface area contributed by atoms with Crippen molar-refractivity contribution in [2.75, 3.05) is 0 Å². The van der Waals surface area contributed by atoms with Crippen LogP contribution in [-0.4, -0.2) is 29.1 Å². The number of nitrogens with two attached hydrogens (primary N) is 1. The summed E-state index contributed by atoms with van der Waals surface area (Å²) < 4.78 is 0. The topological polar surface area (TPSA) is 29.3 Å². The van der Waals surface area contributed by atoms with Gasteiger partial charge < -0.3 is 5.73 Å². The Morgan fingerprint density at radius 2 is 1.58 bits per heavy atom. The molecule has 3 unspecified atom stereocenters. The van der Waals surface area contributed by atoms with Gasteiger partial charge in [-0.1, -0.05) is 38.5 Å². The van der Waals surface area contributed by atoms with E-state index in [0.717, 1.165) is 24.0 Å². The van der Waals surface area contributed by atoms with Gasteiger partial charge >= 0.3 is 0 Å². The Morgan fingerprint density at radius 1 is 0.947 bits per heavy atom. The van der Waals surface area contributed by atoms with Crippen molar-refractivity contribution in [3.63, 3.8) is 0 Å². The highest BCUT2D eigenvalue weighted by Gasteiger charge is 2.39. The van der Waals surface area contributed by atoms with Gasteiger partial charge in [0.1, 0.15) is 0 Å². The molecule has 110 valence electrons. The monoisotopic (exact) mass is 264 g/mol. The molecule has 1 aliphatic carbocycles. The first-order valence-corrected chi connectivity index (χ1v) is 8.77. The third-order valence-corrected chi connectivity index (χ3v) is 5.98. The van der Waals surface area contributed by atoms with Crippen molar-refractivity contribution in [3.8, 4) is 0 Å². The Hall–Kier alpha value is -0.0800. The zero-order chi connectivity index (χ0) is 13.2. The van der Waals surface area contributed by atoms with Crippen molar-refractivity contribution in [3.05, 3.63) is 0 Å². The Morgan fingerprint density at radius 3 is 2.21 bits per heavy atom. The van der Waals surface area contributed by atoms with Crippen molar-refractivity contribution in [2.24, 2.45) is 11.7 Å². The molecule has 3 fully saturated rings. The highest BCUT2D eigenvalue weighted by Crippen LogP contribution is 2.37. The first kappa shape index (κ1) is 13.9. The van der Waals surface area contributed by atoms with E-state index in [1.807, 2.05) is 0 Å². The molecule has 0 aromatic rings. The Balaban J connectivity index is 1.60. The van der Waals surface area contributed by atoms with Gasteiger partial charge in [0.05, 0.1) is 0 Å². The molecule has 2 saturated heterocycles. The summed E-state index contributed by atoms with van der Waals surface area (Å²) in [5, 5.41) is 0. The second kappa shape index (κ2) is 6.13. The number of rotatable bonds is 3. The summed E-state index contributed by atoms with van der Waals surface area (Å²) in [7, 11) is 0. The summed E-state index contributed by atoms with van der Waals surface area (Å²) in [5.74, 6) is 1.01. The van der Waals surface area contributed by atoms with Gasteiger partial charge in [0.15, 0.2) is 0 Å². The van der Waals surface area contributed by atoms with Crippen LogP contribution in [0.15, 0.2) is 0 Å². The second-order valence-corrected chi connectivity index (χ2v) is 7.51. The highest BCUT2D eigenvalue weighted by molar-refractivity contribution is 4.96. The van der Waals surface area contributed by atoms with Gasteiger partial charge in [-0.15, -0.1) is 0 Å². The van der Waals surface area contributed by atoms with Gasteiger partial charge in [0.25, 0.3) is 0 Å². The number of piperidine rings is 2. The summed E-state index contributed by atoms with van der Waals surface area (Å²) in [5.41, 5.74) is 6.24. The normalized spacial score (nSPS) is 39.2. The van der Waals surface area contributed by atoms with E-state index in [9.17, 15) is 0 Å². The van der Waals surface area contributed by atoms with Crippen LogP contribution in [-0.2, 0) is 0 Å². The van der Waals surface area contributed by atoms with Crippen LogP contribution in [0.2, 0.25) is 0 Å².